The fourth-order valence-electron chi connectivity index (χ4n) is 8.29. The second-order valence-electron chi connectivity index (χ2n) is 12.4. The number of rotatable bonds is 3. The first-order valence-electron chi connectivity index (χ1n) is 15.7. The minimum absolute atomic E-state index is 0.312. The number of hydrogen-bond donors (Lipinski definition) is 0. The van der Waals surface area contributed by atoms with E-state index in [1.54, 1.807) is 0 Å². The van der Waals surface area contributed by atoms with E-state index in [-0.39, 0.29) is 0 Å². The van der Waals surface area contributed by atoms with Crippen molar-refractivity contribution in [2.75, 3.05) is 4.90 Å². The highest BCUT2D eigenvalue weighted by Gasteiger charge is 2.44. The van der Waals surface area contributed by atoms with Gasteiger partial charge >= 0.3 is 0 Å². The van der Waals surface area contributed by atoms with Crippen LogP contribution >= 0.6 is 0 Å². The summed E-state index contributed by atoms with van der Waals surface area (Å²) >= 11 is 0. The molecular weight excluding hydrogens is 520 g/mol. The van der Waals surface area contributed by atoms with Gasteiger partial charge in [-0.3, -0.25) is 0 Å². The molecule has 2 heteroatoms. The molecule has 0 amide bonds. The highest BCUT2D eigenvalue weighted by molar-refractivity contribution is 6.14. The summed E-state index contributed by atoms with van der Waals surface area (Å²) in [7, 11) is 0. The molecule has 0 N–H and O–H groups in total. The second kappa shape index (κ2) is 9.61. The fraction of sp³-hybridized carbons (Fsp3) is 0.171. The molecule has 0 radical (unpaired) electrons. The SMILES string of the molecule is CC1C(N2c3c(ccc4c5ccccc5n(-c5ccccc5)c34)C3CCC=CC32)=CC(c2ccccc2)=C2C=CC=CC21. The summed E-state index contributed by atoms with van der Waals surface area (Å²) in [6.45, 7) is 2.44. The van der Waals surface area contributed by atoms with Gasteiger partial charge in [-0.05, 0) is 59.4 Å². The number of fused-ring (bicyclic) bond motifs is 8. The number of hydrogen-bond acceptors (Lipinski definition) is 1. The highest BCUT2D eigenvalue weighted by atomic mass is 15.2. The van der Waals surface area contributed by atoms with Gasteiger partial charge in [0.15, 0.2) is 0 Å². The summed E-state index contributed by atoms with van der Waals surface area (Å²) in [5.74, 6) is 1.16. The lowest BCUT2D eigenvalue weighted by molar-refractivity contribution is 0.500. The average molecular weight is 555 g/mol. The van der Waals surface area contributed by atoms with Crippen molar-refractivity contribution in [1.29, 1.82) is 0 Å². The Morgan fingerprint density at radius 2 is 1.53 bits per heavy atom. The molecule has 1 aliphatic heterocycles. The van der Waals surface area contributed by atoms with E-state index in [2.05, 4.69) is 156 Å². The Bertz CT molecular complexity index is 2050. The zero-order valence-electron chi connectivity index (χ0n) is 24.4. The molecule has 4 aromatic carbocycles. The van der Waals surface area contributed by atoms with Crippen LogP contribution in [-0.2, 0) is 0 Å². The number of para-hydroxylation sites is 2. The minimum Gasteiger partial charge on any atom is -0.335 e. The lowest BCUT2D eigenvalue weighted by Crippen LogP contribution is -2.38. The van der Waals surface area contributed by atoms with Crippen molar-refractivity contribution < 1.29 is 0 Å². The third-order valence-corrected chi connectivity index (χ3v) is 10.2. The van der Waals surface area contributed by atoms with Gasteiger partial charge in [-0.15, -0.1) is 0 Å². The van der Waals surface area contributed by atoms with Crippen LogP contribution in [0.3, 0.4) is 0 Å². The van der Waals surface area contributed by atoms with E-state index in [1.807, 2.05) is 0 Å². The fourth-order valence-corrected chi connectivity index (χ4v) is 8.29. The van der Waals surface area contributed by atoms with Crippen LogP contribution < -0.4 is 4.90 Å². The number of anilines is 1. The molecule has 1 aromatic heterocycles. The molecule has 5 aromatic rings. The van der Waals surface area contributed by atoms with E-state index in [9.17, 15) is 0 Å². The Morgan fingerprint density at radius 1 is 0.744 bits per heavy atom. The van der Waals surface area contributed by atoms with Crippen molar-refractivity contribution in [1.82, 2.24) is 4.57 Å². The van der Waals surface area contributed by atoms with Gasteiger partial charge in [-0.2, -0.15) is 0 Å². The van der Waals surface area contributed by atoms with Crippen LogP contribution in [0, 0.1) is 11.8 Å². The molecule has 0 bridgehead atoms. The number of allylic oxidation sites excluding steroid dienone is 9. The molecular formula is C41H34N2. The van der Waals surface area contributed by atoms with Crippen LogP contribution in [0.2, 0.25) is 0 Å². The molecule has 4 atom stereocenters. The van der Waals surface area contributed by atoms with E-state index in [4.69, 9.17) is 0 Å². The van der Waals surface area contributed by atoms with Gasteiger partial charge in [0, 0.05) is 39.9 Å². The van der Waals surface area contributed by atoms with Gasteiger partial charge in [-0.25, -0.2) is 0 Å². The van der Waals surface area contributed by atoms with Crippen molar-refractivity contribution in [3.05, 3.63) is 162 Å². The zero-order chi connectivity index (χ0) is 28.5. The molecule has 2 heterocycles. The van der Waals surface area contributed by atoms with Crippen LogP contribution in [0.15, 0.2) is 151 Å². The second-order valence-corrected chi connectivity index (χ2v) is 12.4. The van der Waals surface area contributed by atoms with E-state index in [0.29, 0.717) is 23.8 Å². The quantitative estimate of drug-likeness (QED) is 0.201. The van der Waals surface area contributed by atoms with Gasteiger partial charge < -0.3 is 9.47 Å². The van der Waals surface area contributed by atoms with Crippen LogP contribution in [-0.4, -0.2) is 10.6 Å². The summed E-state index contributed by atoms with van der Waals surface area (Å²) in [5, 5.41) is 2.64. The van der Waals surface area contributed by atoms with Crippen molar-refractivity contribution >= 4 is 33.1 Å². The largest absolute Gasteiger partial charge is 0.335 e. The Labute approximate surface area is 253 Å². The van der Waals surface area contributed by atoms with E-state index in [0.717, 1.165) is 6.42 Å². The zero-order valence-corrected chi connectivity index (χ0v) is 24.4. The third kappa shape index (κ3) is 3.59. The van der Waals surface area contributed by atoms with Crippen LogP contribution in [0.4, 0.5) is 5.69 Å². The molecule has 0 spiro atoms. The maximum atomic E-state index is 2.76. The van der Waals surface area contributed by atoms with Gasteiger partial charge in [0.2, 0.25) is 0 Å². The van der Waals surface area contributed by atoms with Gasteiger partial charge in [0.25, 0.3) is 0 Å². The molecule has 43 heavy (non-hydrogen) atoms. The van der Waals surface area contributed by atoms with Gasteiger partial charge in [0.1, 0.15) is 0 Å². The molecule has 208 valence electrons. The lowest BCUT2D eigenvalue weighted by atomic mass is 9.74. The van der Waals surface area contributed by atoms with Gasteiger partial charge in [-0.1, -0.05) is 122 Å². The average Bonchev–Trinajstić information content (AvgIpc) is 3.59. The molecule has 3 aliphatic carbocycles. The highest BCUT2D eigenvalue weighted by Crippen LogP contribution is 2.55. The summed E-state index contributed by atoms with van der Waals surface area (Å²) < 4.78 is 2.52. The monoisotopic (exact) mass is 554 g/mol. The molecule has 2 nitrogen and oxygen atoms in total. The van der Waals surface area contributed by atoms with Crippen molar-refractivity contribution in [3.8, 4) is 5.69 Å². The van der Waals surface area contributed by atoms with E-state index < -0.39 is 0 Å². The molecule has 9 rings (SSSR count). The van der Waals surface area contributed by atoms with Crippen molar-refractivity contribution in [2.45, 2.75) is 31.7 Å². The minimum atomic E-state index is 0.312. The summed E-state index contributed by atoms with van der Waals surface area (Å²) in [6.07, 6.45) is 19.0. The molecule has 4 unspecified atom stereocenters. The van der Waals surface area contributed by atoms with Crippen LogP contribution in [0.1, 0.15) is 36.8 Å². The first-order chi connectivity index (χ1) is 21.3. The standard InChI is InChI=1S/C41H34N2/c1-27-30-18-8-9-19-31(30)36(28-14-4-2-5-15-28)26-39(27)43-38-23-13-11-21-33(38)35-25-24-34-32-20-10-12-22-37(32)42(40(34)41(35)43)29-16-6-3-7-17-29/h2-10,12-20,22-27,30,33,38H,11,21H2,1H3. The van der Waals surface area contributed by atoms with Crippen LogP contribution in [0.5, 0.6) is 0 Å². The van der Waals surface area contributed by atoms with Crippen molar-refractivity contribution in [2.24, 2.45) is 11.8 Å². The Morgan fingerprint density at radius 3 is 2.40 bits per heavy atom. The summed E-state index contributed by atoms with van der Waals surface area (Å²) in [6, 6.07) is 36.0. The van der Waals surface area contributed by atoms with Crippen LogP contribution in [0.25, 0.3) is 33.1 Å². The molecule has 0 fully saturated rings. The van der Waals surface area contributed by atoms with E-state index >= 15 is 0 Å². The topological polar surface area (TPSA) is 8.17 Å². The lowest BCUT2D eigenvalue weighted by Gasteiger charge is -2.41. The summed E-state index contributed by atoms with van der Waals surface area (Å²) in [4.78, 5) is 2.76. The number of nitrogens with zero attached hydrogens (tertiary/aromatic N) is 2. The number of benzene rings is 4. The number of aromatic nitrogens is 1. The first kappa shape index (κ1) is 24.7. The van der Waals surface area contributed by atoms with E-state index in [1.165, 1.54) is 67.6 Å². The Hall–Kier alpha value is -4.82. The third-order valence-electron chi connectivity index (χ3n) is 10.2. The van der Waals surface area contributed by atoms with Gasteiger partial charge in [0.05, 0.1) is 22.8 Å². The predicted molar refractivity (Wildman–Crippen MR) is 181 cm³/mol. The maximum Gasteiger partial charge on any atom is 0.0781 e. The smallest absolute Gasteiger partial charge is 0.0781 e. The Balaban J connectivity index is 1.37. The molecule has 4 aliphatic rings. The molecule has 0 saturated carbocycles. The van der Waals surface area contributed by atoms with Crippen molar-refractivity contribution in [3.63, 3.8) is 0 Å². The Kier molecular flexibility index (Phi) is 5.53. The maximum absolute atomic E-state index is 2.76. The normalized spacial score (nSPS) is 23.9. The summed E-state index contributed by atoms with van der Waals surface area (Å²) in [5.41, 5.74) is 12.2. The molecule has 0 saturated heterocycles. The first-order valence-corrected chi connectivity index (χ1v) is 15.7. The predicted octanol–water partition coefficient (Wildman–Crippen LogP) is 10.1.